The van der Waals surface area contributed by atoms with Gasteiger partial charge in [-0.15, -0.1) is 0 Å². The van der Waals surface area contributed by atoms with Crippen molar-refractivity contribution in [2.75, 3.05) is 20.2 Å². The van der Waals surface area contributed by atoms with Gasteiger partial charge in [-0.2, -0.15) is 0 Å². The van der Waals surface area contributed by atoms with Gasteiger partial charge >= 0.3 is 6.01 Å². The Morgan fingerprint density at radius 2 is 2.09 bits per heavy atom. The molecule has 0 saturated carbocycles. The molecule has 1 saturated heterocycles. The first-order valence-electron chi connectivity index (χ1n) is 7.79. The highest BCUT2D eigenvalue weighted by Crippen LogP contribution is 2.20. The van der Waals surface area contributed by atoms with E-state index < -0.39 is 0 Å². The number of ether oxygens (including phenoxy) is 1. The van der Waals surface area contributed by atoms with E-state index in [9.17, 15) is 0 Å². The molecule has 1 aliphatic rings. The topological polar surface area (TPSA) is 56.1 Å². The molecule has 0 aromatic carbocycles. The van der Waals surface area contributed by atoms with Crippen LogP contribution in [0.5, 0.6) is 6.01 Å². The van der Waals surface area contributed by atoms with Gasteiger partial charge in [0.15, 0.2) is 0 Å². The minimum Gasteiger partial charge on any atom is -0.467 e. The van der Waals surface area contributed by atoms with Crippen LogP contribution in [0.1, 0.15) is 24.2 Å². The Kier molecular flexibility index (Phi) is 4.68. The zero-order valence-electron chi connectivity index (χ0n) is 13.3. The number of nitrogens with zero attached hydrogens (tertiary/aromatic N) is 5. The SMILES string of the molecule is COc1ncc(CN2CCCC(Cn3ccnc3C)C2)cn1. The van der Waals surface area contributed by atoms with Crippen molar-refractivity contribution in [3.8, 4) is 6.01 Å². The molecule has 1 fully saturated rings. The zero-order chi connectivity index (χ0) is 15.4. The minimum absolute atomic E-state index is 0.427. The lowest BCUT2D eigenvalue weighted by Crippen LogP contribution is -2.36. The summed E-state index contributed by atoms with van der Waals surface area (Å²) in [5.41, 5.74) is 1.14. The molecular weight excluding hydrogens is 278 g/mol. The normalized spacial score (nSPS) is 19.3. The fourth-order valence-corrected chi connectivity index (χ4v) is 3.11. The lowest BCUT2D eigenvalue weighted by Gasteiger charge is -2.33. The molecule has 0 amide bonds. The maximum atomic E-state index is 5.00. The molecule has 3 rings (SSSR count). The van der Waals surface area contributed by atoms with Crippen molar-refractivity contribution in [3.05, 3.63) is 36.2 Å². The first-order valence-corrected chi connectivity index (χ1v) is 7.79. The molecule has 1 aliphatic heterocycles. The average Bonchev–Trinajstić information content (AvgIpc) is 2.94. The van der Waals surface area contributed by atoms with Gasteiger partial charge in [-0.3, -0.25) is 4.90 Å². The van der Waals surface area contributed by atoms with Crippen LogP contribution in [0.4, 0.5) is 0 Å². The summed E-state index contributed by atoms with van der Waals surface area (Å²) in [7, 11) is 1.59. The number of aromatic nitrogens is 4. The number of methoxy groups -OCH3 is 1. The predicted octanol–water partition coefficient (Wildman–Crippen LogP) is 1.90. The Morgan fingerprint density at radius 3 is 2.77 bits per heavy atom. The highest BCUT2D eigenvalue weighted by Gasteiger charge is 2.21. The average molecular weight is 301 g/mol. The van der Waals surface area contributed by atoms with Gasteiger partial charge in [-0.1, -0.05) is 0 Å². The maximum absolute atomic E-state index is 5.00. The van der Waals surface area contributed by atoms with E-state index in [0.29, 0.717) is 11.9 Å². The largest absolute Gasteiger partial charge is 0.467 e. The Balaban J connectivity index is 1.57. The number of hydrogen-bond acceptors (Lipinski definition) is 5. The van der Waals surface area contributed by atoms with Crippen molar-refractivity contribution in [2.45, 2.75) is 32.9 Å². The van der Waals surface area contributed by atoms with Gasteiger partial charge < -0.3 is 9.30 Å². The molecule has 1 unspecified atom stereocenters. The smallest absolute Gasteiger partial charge is 0.316 e. The molecule has 0 radical (unpaired) electrons. The Morgan fingerprint density at radius 1 is 1.27 bits per heavy atom. The second kappa shape index (κ2) is 6.87. The number of imidazole rings is 1. The van der Waals surface area contributed by atoms with E-state index in [0.717, 1.165) is 37.6 Å². The van der Waals surface area contributed by atoms with E-state index in [1.54, 1.807) is 7.11 Å². The van der Waals surface area contributed by atoms with Crippen LogP contribution in [-0.2, 0) is 13.1 Å². The van der Waals surface area contributed by atoms with Crippen molar-refractivity contribution in [1.29, 1.82) is 0 Å². The Bertz CT molecular complexity index is 595. The molecule has 0 aliphatic carbocycles. The fourth-order valence-electron chi connectivity index (χ4n) is 3.11. The van der Waals surface area contributed by atoms with Crippen molar-refractivity contribution >= 4 is 0 Å². The number of likely N-dealkylation sites (tertiary alicyclic amines) is 1. The summed E-state index contributed by atoms with van der Waals surface area (Å²) < 4.78 is 7.26. The van der Waals surface area contributed by atoms with Crippen LogP contribution in [0.15, 0.2) is 24.8 Å². The molecule has 118 valence electrons. The van der Waals surface area contributed by atoms with E-state index in [2.05, 4.69) is 37.5 Å². The van der Waals surface area contributed by atoms with Gasteiger partial charge in [-0.25, -0.2) is 15.0 Å². The first-order chi connectivity index (χ1) is 10.7. The number of piperidine rings is 1. The fraction of sp³-hybridized carbons (Fsp3) is 0.562. The monoisotopic (exact) mass is 301 g/mol. The lowest BCUT2D eigenvalue weighted by molar-refractivity contribution is 0.155. The van der Waals surface area contributed by atoms with Crippen molar-refractivity contribution in [1.82, 2.24) is 24.4 Å². The van der Waals surface area contributed by atoms with Gasteiger partial charge in [0, 0.05) is 50.0 Å². The maximum Gasteiger partial charge on any atom is 0.316 e. The summed E-state index contributed by atoms with van der Waals surface area (Å²) in [6, 6.07) is 0.427. The number of rotatable bonds is 5. The third-order valence-electron chi connectivity index (χ3n) is 4.25. The van der Waals surface area contributed by atoms with Crippen LogP contribution in [0, 0.1) is 12.8 Å². The molecule has 3 heterocycles. The Hall–Kier alpha value is -1.95. The van der Waals surface area contributed by atoms with Gasteiger partial charge in [0.05, 0.1) is 7.11 Å². The minimum atomic E-state index is 0.427. The van der Waals surface area contributed by atoms with E-state index >= 15 is 0 Å². The van der Waals surface area contributed by atoms with Gasteiger partial charge in [0.25, 0.3) is 0 Å². The summed E-state index contributed by atoms with van der Waals surface area (Å²) in [6.07, 6.45) is 10.2. The number of hydrogen-bond donors (Lipinski definition) is 0. The van der Waals surface area contributed by atoms with Crippen molar-refractivity contribution < 1.29 is 4.74 Å². The Labute approximate surface area is 131 Å². The van der Waals surface area contributed by atoms with Crippen LogP contribution in [0.2, 0.25) is 0 Å². The molecule has 22 heavy (non-hydrogen) atoms. The molecule has 6 heteroatoms. The predicted molar refractivity (Wildman–Crippen MR) is 83.5 cm³/mol. The second-order valence-electron chi connectivity index (χ2n) is 5.95. The molecule has 2 aromatic rings. The lowest BCUT2D eigenvalue weighted by atomic mass is 9.97. The summed E-state index contributed by atoms with van der Waals surface area (Å²) in [5, 5.41) is 0. The molecule has 1 atom stereocenters. The van der Waals surface area contributed by atoms with Crippen LogP contribution >= 0.6 is 0 Å². The standard InChI is InChI=1S/C16H23N5O/c1-13-17-5-7-21(13)12-14-4-3-6-20(10-14)11-15-8-18-16(22-2)19-9-15/h5,7-9,14H,3-4,6,10-12H2,1-2H3. The van der Waals surface area contributed by atoms with Gasteiger partial charge in [0.2, 0.25) is 0 Å². The van der Waals surface area contributed by atoms with Crippen molar-refractivity contribution in [3.63, 3.8) is 0 Å². The summed E-state index contributed by atoms with van der Waals surface area (Å²) in [4.78, 5) is 15.2. The second-order valence-corrected chi connectivity index (χ2v) is 5.95. The van der Waals surface area contributed by atoms with E-state index in [-0.39, 0.29) is 0 Å². The number of aryl methyl sites for hydroxylation is 1. The summed E-state index contributed by atoms with van der Waals surface area (Å²) in [5.74, 6) is 1.78. The van der Waals surface area contributed by atoms with E-state index in [1.165, 1.54) is 12.8 Å². The van der Waals surface area contributed by atoms with E-state index in [4.69, 9.17) is 4.74 Å². The van der Waals surface area contributed by atoms with Gasteiger partial charge in [-0.05, 0) is 32.2 Å². The molecule has 2 aromatic heterocycles. The highest BCUT2D eigenvalue weighted by atomic mass is 16.5. The molecule has 0 bridgehead atoms. The van der Waals surface area contributed by atoms with Crippen LogP contribution in [0.25, 0.3) is 0 Å². The van der Waals surface area contributed by atoms with Crippen LogP contribution < -0.4 is 4.74 Å². The molecule has 0 N–H and O–H groups in total. The summed E-state index contributed by atoms with van der Waals surface area (Å²) in [6.45, 7) is 6.29. The van der Waals surface area contributed by atoms with Crippen molar-refractivity contribution in [2.24, 2.45) is 5.92 Å². The third-order valence-corrected chi connectivity index (χ3v) is 4.25. The molecule has 0 spiro atoms. The van der Waals surface area contributed by atoms with Crippen LogP contribution in [-0.4, -0.2) is 44.6 Å². The quantitative estimate of drug-likeness (QED) is 0.844. The zero-order valence-corrected chi connectivity index (χ0v) is 13.3. The van der Waals surface area contributed by atoms with Crippen LogP contribution in [0.3, 0.4) is 0 Å². The third kappa shape index (κ3) is 3.62. The first kappa shape index (κ1) is 15.0. The highest BCUT2D eigenvalue weighted by molar-refractivity contribution is 5.07. The molecular formula is C16H23N5O. The van der Waals surface area contributed by atoms with E-state index in [1.807, 2.05) is 18.6 Å². The van der Waals surface area contributed by atoms with Gasteiger partial charge in [0.1, 0.15) is 5.82 Å². The summed E-state index contributed by atoms with van der Waals surface area (Å²) >= 11 is 0. The molecule has 6 nitrogen and oxygen atoms in total.